The van der Waals surface area contributed by atoms with Gasteiger partial charge in [0.2, 0.25) is 0 Å². The third kappa shape index (κ3) is 4.66. The zero-order chi connectivity index (χ0) is 23.0. The molecule has 1 amide bonds. The molecule has 0 spiro atoms. The molecule has 6 nitrogen and oxygen atoms in total. The lowest BCUT2D eigenvalue weighted by Crippen LogP contribution is -2.35. The highest BCUT2D eigenvalue weighted by Crippen LogP contribution is 2.43. The fourth-order valence-electron chi connectivity index (χ4n) is 3.67. The highest BCUT2D eigenvalue weighted by Gasteiger charge is 2.46. The van der Waals surface area contributed by atoms with E-state index in [1.165, 1.54) is 6.07 Å². The second-order valence-corrected chi connectivity index (χ2v) is 8.57. The maximum Gasteiger partial charge on any atom is 0.410 e. The zero-order valence-corrected chi connectivity index (χ0v) is 18.5. The van der Waals surface area contributed by atoms with Crippen LogP contribution in [0.3, 0.4) is 0 Å². The Hall–Kier alpha value is -2.85. The van der Waals surface area contributed by atoms with E-state index in [1.807, 2.05) is 0 Å². The summed E-state index contributed by atoms with van der Waals surface area (Å²) in [7, 11) is 0. The minimum absolute atomic E-state index is 0.120. The molecule has 10 heteroatoms. The van der Waals surface area contributed by atoms with Crippen molar-refractivity contribution in [1.29, 1.82) is 0 Å². The number of rotatable bonds is 4. The maximum atomic E-state index is 13.8. The Morgan fingerprint density at radius 3 is 2.62 bits per heavy atom. The van der Waals surface area contributed by atoms with Crippen molar-refractivity contribution in [2.45, 2.75) is 37.7 Å². The van der Waals surface area contributed by atoms with Gasteiger partial charge in [-0.1, -0.05) is 40.2 Å². The van der Waals surface area contributed by atoms with Crippen molar-refractivity contribution >= 4 is 33.3 Å². The molecule has 1 aliphatic rings. The minimum Gasteiger partial charge on any atom is -0.389 e. The summed E-state index contributed by atoms with van der Waals surface area (Å²) < 4.78 is 43.1. The molecule has 32 heavy (non-hydrogen) atoms. The summed E-state index contributed by atoms with van der Waals surface area (Å²) in [5, 5.41) is 19.4. The quantitative estimate of drug-likeness (QED) is 0.427. The Morgan fingerprint density at radius 1 is 1.25 bits per heavy atom. The first-order chi connectivity index (χ1) is 15.1. The van der Waals surface area contributed by atoms with Crippen LogP contribution < -0.4 is 10.6 Å². The number of hydrogen-bond donors (Lipinski definition) is 3. The molecule has 0 bridgehead atoms. The molecule has 0 saturated heterocycles. The van der Waals surface area contributed by atoms with Gasteiger partial charge in [-0.3, -0.25) is 4.79 Å². The first kappa shape index (κ1) is 22.3. The van der Waals surface area contributed by atoms with E-state index in [4.69, 9.17) is 0 Å². The SMILES string of the molecule is C[C@@H](O)c1cccc(NC(=O)c2cc3n(n2)[C@@H](C(F)(F)F)C[C@H](c2ccc(Br)cc2)N3)c1. The fraction of sp³-hybridized carbons (Fsp3) is 0.273. The van der Waals surface area contributed by atoms with Crippen molar-refractivity contribution in [3.63, 3.8) is 0 Å². The van der Waals surface area contributed by atoms with Crippen LogP contribution in [0.4, 0.5) is 24.7 Å². The summed E-state index contributed by atoms with van der Waals surface area (Å²) in [5.41, 5.74) is 1.58. The lowest BCUT2D eigenvalue weighted by molar-refractivity contribution is -0.173. The molecule has 2 aromatic carbocycles. The number of aromatic nitrogens is 2. The van der Waals surface area contributed by atoms with Crippen LogP contribution in [0.15, 0.2) is 59.1 Å². The van der Waals surface area contributed by atoms with Crippen LogP contribution in [-0.4, -0.2) is 27.0 Å². The molecule has 1 aliphatic heterocycles. The van der Waals surface area contributed by atoms with E-state index in [0.717, 1.165) is 9.15 Å². The van der Waals surface area contributed by atoms with Crippen LogP contribution in [0, 0.1) is 0 Å². The highest BCUT2D eigenvalue weighted by molar-refractivity contribution is 9.10. The van der Waals surface area contributed by atoms with Crippen LogP contribution in [0.25, 0.3) is 0 Å². The number of halogens is 4. The third-order valence-corrected chi connectivity index (χ3v) is 5.85. The average molecular weight is 509 g/mol. The number of nitrogens with one attached hydrogen (secondary N) is 2. The van der Waals surface area contributed by atoms with Gasteiger partial charge in [0.05, 0.1) is 12.1 Å². The highest BCUT2D eigenvalue weighted by atomic mass is 79.9. The van der Waals surface area contributed by atoms with Crippen molar-refractivity contribution in [2.75, 3.05) is 10.6 Å². The standard InChI is InChI=1S/C22H20BrF3N4O2/c1-12(31)14-3-2-4-16(9-14)27-21(32)18-11-20-28-17(13-5-7-15(23)8-6-13)10-19(22(24,25)26)30(20)29-18/h2-9,11-12,17,19,28,31H,10H2,1H3,(H,27,32)/t12-,17-,19-/m1/s1. The van der Waals surface area contributed by atoms with Crippen LogP contribution in [0.2, 0.25) is 0 Å². The summed E-state index contributed by atoms with van der Waals surface area (Å²) >= 11 is 3.32. The second kappa shape index (κ2) is 8.59. The number of fused-ring (bicyclic) bond motifs is 1. The normalized spacial score (nSPS) is 19.1. The van der Waals surface area contributed by atoms with Gasteiger partial charge in [-0.2, -0.15) is 18.3 Å². The van der Waals surface area contributed by atoms with Crippen LogP contribution in [0.1, 0.15) is 53.1 Å². The number of anilines is 2. The van der Waals surface area contributed by atoms with Gasteiger partial charge in [-0.25, -0.2) is 4.68 Å². The van der Waals surface area contributed by atoms with Gasteiger partial charge >= 0.3 is 6.18 Å². The van der Waals surface area contributed by atoms with Gasteiger partial charge in [0.15, 0.2) is 11.7 Å². The largest absolute Gasteiger partial charge is 0.410 e. The summed E-state index contributed by atoms with van der Waals surface area (Å²) in [5.74, 6) is -0.521. The molecule has 0 unspecified atom stereocenters. The van der Waals surface area contributed by atoms with Gasteiger partial charge in [-0.05, 0) is 42.3 Å². The Bertz CT molecular complexity index is 1130. The summed E-state index contributed by atoms with van der Waals surface area (Å²) in [6.45, 7) is 1.59. The van der Waals surface area contributed by atoms with Crippen molar-refractivity contribution in [2.24, 2.45) is 0 Å². The Labute approximate surface area is 190 Å². The third-order valence-electron chi connectivity index (χ3n) is 5.32. The lowest BCUT2D eigenvalue weighted by atomic mass is 9.97. The van der Waals surface area contributed by atoms with E-state index in [2.05, 4.69) is 31.7 Å². The predicted molar refractivity (Wildman–Crippen MR) is 117 cm³/mol. The Kier molecular flexibility index (Phi) is 6.00. The van der Waals surface area contributed by atoms with Gasteiger partial charge in [0, 0.05) is 22.6 Å². The van der Waals surface area contributed by atoms with Gasteiger partial charge < -0.3 is 15.7 Å². The van der Waals surface area contributed by atoms with Gasteiger partial charge in [0.25, 0.3) is 5.91 Å². The summed E-state index contributed by atoms with van der Waals surface area (Å²) in [6.07, 6.45) is -5.51. The first-order valence-electron chi connectivity index (χ1n) is 9.89. The molecule has 1 aromatic heterocycles. The van der Waals surface area contributed by atoms with Crippen LogP contribution in [-0.2, 0) is 0 Å². The van der Waals surface area contributed by atoms with E-state index in [1.54, 1.807) is 55.5 Å². The zero-order valence-electron chi connectivity index (χ0n) is 16.9. The molecule has 168 valence electrons. The maximum absolute atomic E-state index is 13.8. The smallest absolute Gasteiger partial charge is 0.389 e. The average Bonchev–Trinajstić information content (AvgIpc) is 3.17. The molecule has 3 N–H and O–H groups in total. The lowest BCUT2D eigenvalue weighted by Gasteiger charge is -2.33. The molecule has 0 radical (unpaired) electrons. The molecule has 0 saturated carbocycles. The van der Waals surface area contributed by atoms with Crippen molar-refractivity contribution in [3.05, 3.63) is 75.9 Å². The topological polar surface area (TPSA) is 79.2 Å². The van der Waals surface area contributed by atoms with Gasteiger partial charge in [0.1, 0.15) is 5.82 Å². The molecule has 0 aliphatic carbocycles. The fourth-order valence-corrected chi connectivity index (χ4v) is 3.93. The number of alkyl halides is 3. The predicted octanol–water partition coefficient (Wildman–Crippen LogP) is 5.61. The number of carbonyl (C=O) groups is 1. The summed E-state index contributed by atoms with van der Waals surface area (Å²) in [4.78, 5) is 12.7. The van der Waals surface area contributed by atoms with E-state index in [-0.39, 0.29) is 17.9 Å². The van der Waals surface area contributed by atoms with E-state index in [0.29, 0.717) is 16.8 Å². The molecular weight excluding hydrogens is 489 g/mol. The van der Waals surface area contributed by atoms with Crippen LogP contribution >= 0.6 is 15.9 Å². The molecule has 0 fully saturated rings. The number of carbonyl (C=O) groups excluding carboxylic acids is 1. The van der Waals surface area contributed by atoms with E-state index < -0.39 is 30.3 Å². The monoisotopic (exact) mass is 508 g/mol. The molecule has 4 rings (SSSR count). The molecule has 2 heterocycles. The van der Waals surface area contributed by atoms with Crippen LogP contribution in [0.5, 0.6) is 0 Å². The van der Waals surface area contributed by atoms with Crippen molar-refractivity contribution in [1.82, 2.24) is 9.78 Å². The number of aliphatic hydroxyl groups is 1. The number of amides is 1. The first-order valence-corrected chi connectivity index (χ1v) is 10.7. The van der Waals surface area contributed by atoms with Crippen molar-refractivity contribution in [3.8, 4) is 0 Å². The number of nitrogens with zero attached hydrogens (tertiary/aromatic N) is 2. The van der Waals surface area contributed by atoms with Crippen molar-refractivity contribution < 1.29 is 23.1 Å². The number of hydrogen-bond acceptors (Lipinski definition) is 4. The molecule has 3 aromatic rings. The Morgan fingerprint density at radius 2 is 1.97 bits per heavy atom. The molecule has 3 atom stereocenters. The Balaban J connectivity index is 1.62. The second-order valence-electron chi connectivity index (χ2n) is 7.66. The van der Waals surface area contributed by atoms with E-state index in [9.17, 15) is 23.1 Å². The van der Waals surface area contributed by atoms with Gasteiger partial charge in [-0.15, -0.1) is 0 Å². The van der Waals surface area contributed by atoms with E-state index >= 15 is 0 Å². The molecular formula is C22H20BrF3N4O2. The minimum atomic E-state index is -4.53. The number of aliphatic hydroxyl groups excluding tert-OH is 1. The summed E-state index contributed by atoms with van der Waals surface area (Å²) in [6, 6.07) is 12.5. The number of benzene rings is 2.